The molecule has 0 bridgehead atoms. The molecule has 2 N–H and O–H groups in total. The molecular weight excluding hydrogens is 228 g/mol. The first-order valence-electron chi connectivity index (χ1n) is 6.54. The van der Waals surface area contributed by atoms with Gasteiger partial charge in [0.05, 0.1) is 31.6 Å². The number of ether oxygens (including phenoxy) is 1. The van der Waals surface area contributed by atoms with Gasteiger partial charge in [-0.1, -0.05) is 6.92 Å². The summed E-state index contributed by atoms with van der Waals surface area (Å²) >= 11 is 0. The number of methoxy groups -OCH3 is 1. The molecular formula is C13H24N4O. The Morgan fingerprint density at radius 3 is 2.78 bits per heavy atom. The van der Waals surface area contributed by atoms with Crippen molar-refractivity contribution in [1.29, 1.82) is 0 Å². The third-order valence-corrected chi connectivity index (χ3v) is 3.77. The number of rotatable bonds is 6. The Kier molecular flexibility index (Phi) is 3.92. The molecule has 0 aromatic carbocycles. The molecule has 1 aromatic rings. The van der Waals surface area contributed by atoms with Crippen molar-refractivity contribution in [2.45, 2.75) is 25.9 Å². The summed E-state index contributed by atoms with van der Waals surface area (Å²) in [7, 11) is 5.80. The van der Waals surface area contributed by atoms with E-state index in [0.717, 1.165) is 30.5 Å². The Morgan fingerprint density at radius 2 is 2.28 bits per heavy atom. The molecule has 0 radical (unpaired) electrons. The Labute approximate surface area is 109 Å². The topological polar surface area (TPSA) is 56.3 Å². The van der Waals surface area contributed by atoms with Gasteiger partial charge in [0.25, 0.3) is 0 Å². The molecule has 5 nitrogen and oxygen atoms in total. The third kappa shape index (κ3) is 2.67. The lowest BCUT2D eigenvalue weighted by atomic mass is 10.1. The van der Waals surface area contributed by atoms with Crippen LogP contribution >= 0.6 is 0 Å². The first-order valence-corrected chi connectivity index (χ1v) is 6.54. The van der Waals surface area contributed by atoms with Gasteiger partial charge in [-0.2, -0.15) is 5.10 Å². The fraction of sp³-hybridized carbons (Fsp3) is 0.769. The van der Waals surface area contributed by atoms with Gasteiger partial charge in [-0.25, -0.2) is 0 Å². The second-order valence-electron chi connectivity index (χ2n) is 5.53. The van der Waals surface area contributed by atoms with Gasteiger partial charge in [0.15, 0.2) is 5.75 Å². The molecule has 0 saturated heterocycles. The lowest BCUT2D eigenvalue weighted by Crippen LogP contribution is -2.24. The lowest BCUT2D eigenvalue weighted by Gasteiger charge is -2.17. The molecule has 1 fully saturated rings. The van der Waals surface area contributed by atoms with E-state index >= 15 is 0 Å². The quantitative estimate of drug-likeness (QED) is 0.824. The maximum atomic E-state index is 6.36. The Hall–Kier alpha value is -1.07. The minimum atomic E-state index is 0.0413. The molecule has 3 unspecified atom stereocenters. The van der Waals surface area contributed by atoms with Crippen LogP contribution in [0.4, 0.5) is 0 Å². The SMILES string of the molecule is COc1cnn(CCN(C)C)c1C(N)C1CC1C. The van der Waals surface area contributed by atoms with Crippen LogP contribution in [0.15, 0.2) is 6.20 Å². The molecule has 18 heavy (non-hydrogen) atoms. The van der Waals surface area contributed by atoms with Gasteiger partial charge in [-0.3, -0.25) is 4.68 Å². The highest BCUT2D eigenvalue weighted by molar-refractivity contribution is 5.29. The molecule has 1 saturated carbocycles. The number of nitrogens with zero attached hydrogens (tertiary/aromatic N) is 3. The summed E-state index contributed by atoms with van der Waals surface area (Å²) in [6.07, 6.45) is 2.99. The van der Waals surface area contributed by atoms with E-state index in [-0.39, 0.29) is 6.04 Å². The maximum absolute atomic E-state index is 6.36. The van der Waals surface area contributed by atoms with Crippen LogP contribution in [0.5, 0.6) is 5.75 Å². The average Bonchev–Trinajstić information content (AvgIpc) is 2.92. The van der Waals surface area contributed by atoms with Crippen molar-refractivity contribution in [2.75, 3.05) is 27.7 Å². The Morgan fingerprint density at radius 1 is 1.61 bits per heavy atom. The zero-order valence-electron chi connectivity index (χ0n) is 11.8. The van der Waals surface area contributed by atoms with Crippen LogP contribution in [0.2, 0.25) is 0 Å². The predicted molar refractivity (Wildman–Crippen MR) is 71.5 cm³/mol. The monoisotopic (exact) mass is 252 g/mol. The van der Waals surface area contributed by atoms with Crippen LogP contribution in [-0.4, -0.2) is 42.4 Å². The van der Waals surface area contributed by atoms with Crippen LogP contribution in [0, 0.1) is 11.8 Å². The van der Waals surface area contributed by atoms with E-state index in [9.17, 15) is 0 Å². The van der Waals surface area contributed by atoms with Crippen molar-refractivity contribution in [3.8, 4) is 5.75 Å². The first kappa shape index (κ1) is 13.4. The zero-order chi connectivity index (χ0) is 13.3. The number of hydrogen-bond donors (Lipinski definition) is 1. The molecule has 1 heterocycles. The largest absolute Gasteiger partial charge is 0.493 e. The van der Waals surface area contributed by atoms with Crippen molar-refractivity contribution in [2.24, 2.45) is 17.6 Å². The van der Waals surface area contributed by atoms with Crippen LogP contribution in [0.25, 0.3) is 0 Å². The number of aromatic nitrogens is 2. The standard InChI is InChI=1S/C13H24N4O/c1-9-7-10(9)12(14)13-11(18-4)8-15-17(13)6-5-16(2)3/h8-10,12H,5-7,14H2,1-4H3. The highest BCUT2D eigenvalue weighted by Crippen LogP contribution is 2.47. The molecule has 0 amide bonds. The van der Waals surface area contributed by atoms with Crippen molar-refractivity contribution >= 4 is 0 Å². The first-order chi connectivity index (χ1) is 8.54. The normalized spacial score (nSPS) is 24.3. The smallest absolute Gasteiger partial charge is 0.161 e. The van der Waals surface area contributed by atoms with Crippen LogP contribution in [-0.2, 0) is 6.54 Å². The Balaban J connectivity index is 2.16. The van der Waals surface area contributed by atoms with E-state index in [1.807, 2.05) is 4.68 Å². The molecule has 1 aliphatic rings. The lowest BCUT2D eigenvalue weighted by molar-refractivity contribution is 0.357. The van der Waals surface area contributed by atoms with Gasteiger partial charge in [0, 0.05) is 6.54 Å². The fourth-order valence-electron chi connectivity index (χ4n) is 2.40. The van der Waals surface area contributed by atoms with Crippen LogP contribution < -0.4 is 10.5 Å². The van der Waals surface area contributed by atoms with E-state index in [1.165, 1.54) is 6.42 Å². The summed E-state index contributed by atoms with van der Waals surface area (Å²) in [4.78, 5) is 2.14. The molecule has 0 aliphatic heterocycles. The maximum Gasteiger partial charge on any atom is 0.161 e. The van der Waals surface area contributed by atoms with Gasteiger partial charge in [-0.15, -0.1) is 0 Å². The zero-order valence-corrected chi connectivity index (χ0v) is 11.8. The molecule has 102 valence electrons. The number of nitrogens with two attached hydrogens (primary N) is 1. The van der Waals surface area contributed by atoms with Crippen LogP contribution in [0.1, 0.15) is 25.1 Å². The summed E-state index contributed by atoms with van der Waals surface area (Å²) in [5.74, 6) is 2.12. The average molecular weight is 252 g/mol. The third-order valence-electron chi connectivity index (χ3n) is 3.77. The highest BCUT2D eigenvalue weighted by atomic mass is 16.5. The summed E-state index contributed by atoms with van der Waals surface area (Å²) in [5, 5.41) is 4.40. The van der Waals surface area contributed by atoms with Gasteiger partial charge in [0.2, 0.25) is 0 Å². The molecule has 3 atom stereocenters. The summed E-state index contributed by atoms with van der Waals surface area (Å²) in [6.45, 7) is 4.04. The molecule has 1 aromatic heterocycles. The van der Waals surface area contributed by atoms with E-state index in [4.69, 9.17) is 10.5 Å². The van der Waals surface area contributed by atoms with Gasteiger partial charge in [0.1, 0.15) is 0 Å². The molecule has 2 rings (SSSR count). The van der Waals surface area contributed by atoms with E-state index in [2.05, 4.69) is 31.0 Å². The van der Waals surface area contributed by atoms with E-state index in [0.29, 0.717) is 5.92 Å². The Bertz CT molecular complexity index is 402. The van der Waals surface area contributed by atoms with Gasteiger partial charge >= 0.3 is 0 Å². The molecule has 1 aliphatic carbocycles. The summed E-state index contributed by atoms with van der Waals surface area (Å²) < 4.78 is 7.38. The minimum absolute atomic E-state index is 0.0413. The van der Waals surface area contributed by atoms with Crippen molar-refractivity contribution in [1.82, 2.24) is 14.7 Å². The predicted octanol–water partition coefficient (Wildman–Crippen LogP) is 1.11. The number of hydrogen-bond acceptors (Lipinski definition) is 4. The van der Waals surface area contributed by atoms with Gasteiger partial charge < -0.3 is 15.4 Å². The van der Waals surface area contributed by atoms with Crippen molar-refractivity contribution < 1.29 is 4.74 Å². The van der Waals surface area contributed by atoms with E-state index in [1.54, 1.807) is 13.3 Å². The summed E-state index contributed by atoms with van der Waals surface area (Å²) in [5.41, 5.74) is 7.41. The summed E-state index contributed by atoms with van der Waals surface area (Å²) in [6, 6.07) is 0.0413. The molecule has 5 heteroatoms. The highest BCUT2D eigenvalue weighted by Gasteiger charge is 2.40. The minimum Gasteiger partial charge on any atom is -0.493 e. The van der Waals surface area contributed by atoms with Crippen molar-refractivity contribution in [3.05, 3.63) is 11.9 Å². The number of likely N-dealkylation sites (N-methyl/N-ethyl adjacent to an activating group) is 1. The second-order valence-corrected chi connectivity index (χ2v) is 5.53. The fourth-order valence-corrected chi connectivity index (χ4v) is 2.40. The van der Waals surface area contributed by atoms with E-state index < -0.39 is 0 Å². The van der Waals surface area contributed by atoms with Crippen LogP contribution in [0.3, 0.4) is 0 Å². The van der Waals surface area contributed by atoms with Crippen molar-refractivity contribution in [3.63, 3.8) is 0 Å². The molecule has 0 spiro atoms. The van der Waals surface area contributed by atoms with Gasteiger partial charge in [-0.05, 0) is 32.4 Å². The second kappa shape index (κ2) is 5.28.